The Kier molecular flexibility index (Phi) is 24.1. The molecule has 39 heavy (non-hydrogen) atoms. The predicted octanol–water partition coefficient (Wildman–Crippen LogP) is 7.04. The fourth-order valence-electron chi connectivity index (χ4n) is 5.37. The molecule has 6 nitrogen and oxygen atoms in total. The second-order valence-electron chi connectivity index (χ2n) is 11.4. The smallest absolute Gasteiger partial charge is 0.243 e. The Labute approximate surface area is 239 Å². The molecule has 1 saturated carbocycles. The summed E-state index contributed by atoms with van der Waals surface area (Å²) >= 11 is 0. The van der Waals surface area contributed by atoms with Crippen molar-refractivity contribution in [2.45, 2.75) is 160 Å². The first kappa shape index (κ1) is 35.4. The monoisotopic (exact) mass is 548 g/mol. The molecule has 2 amide bonds. The summed E-state index contributed by atoms with van der Waals surface area (Å²) in [5.41, 5.74) is 0. The van der Waals surface area contributed by atoms with Gasteiger partial charge in [-0.1, -0.05) is 102 Å². The third-order valence-corrected chi connectivity index (χ3v) is 7.77. The summed E-state index contributed by atoms with van der Waals surface area (Å²) < 4.78 is 0. The number of amides is 2. The Morgan fingerprint density at radius 2 is 0.821 bits per heavy atom. The van der Waals surface area contributed by atoms with Gasteiger partial charge in [0.05, 0.1) is 0 Å². The van der Waals surface area contributed by atoms with Crippen LogP contribution in [0.1, 0.15) is 148 Å². The van der Waals surface area contributed by atoms with E-state index in [1.54, 1.807) is 12.2 Å². The number of rotatable bonds is 26. The second-order valence-corrected chi connectivity index (χ2v) is 11.4. The Balaban J connectivity index is 2.05. The van der Waals surface area contributed by atoms with Gasteiger partial charge in [0.25, 0.3) is 0 Å². The van der Waals surface area contributed by atoms with Gasteiger partial charge in [0.2, 0.25) is 11.8 Å². The van der Waals surface area contributed by atoms with E-state index >= 15 is 0 Å². The van der Waals surface area contributed by atoms with Crippen LogP contribution in [0.25, 0.3) is 0 Å². The van der Waals surface area contributed by atoms with Gasteiger partial charge in [0.1, 0.15) is 0 Å². The fourth-order valence-corrected chi connectivity index (χ4v) is 5.37. The van der Waals surface area contributed by atoms with Gasteiger partial charge in [-0.3, -0.25) is 9.59 Å². The van der Waals surface area contributed by atoms with Gasteiger partial charge in [-0.05, 0) is 69.9 Å². The average Bonchev–Trinajstić information content (AvgIpc) is 3.35. The topological polar surface area (TPSA) is 98.7 Å². The summed E-state index contributed by atoms with van der Waals surface area (Å²) in [6.07, 6.45) is 33.5. The molecule has 0 heterocycles. The van der Waals surface area contributed by atoms with Crippen molar-refractivity contribution in [2.75, 3.05) is 13.2 Å². The maximum absolute atomic E-state index is 12.4. The molecular formula is C33H60N2O4. The van der Waals surface area contributed by atoms with Gasteiger partial charge in [0, 0.05) is 25.3 Å². The number of carbonyl (C=O) groups excluding carboxylic acids is 2. The molecule has 0 aromatic heterocycles. The molecule has 0 bridgehead atoms. The minimum Gasteiger partial charge on any atom is -0.396 e. The van der Waals surface area contributed by atoms with Crippen LogP contribution in [0.2, 0.25) is 0 Å². The van der Waals surface area contributed by atoms with Crippen LogP contribution in [-0.4, -0.2) is 47.3 Å². The van der Waals surface area contributed by atoms with E-state index in [1.807, 2.05) is 12.2 Å². The van der Waals surface area contributed by atoms with Crippen molar-refractivity contribution in [3.63, 3.8) is 0 Å². The zero-order valence-electron chi connectivity index (χ0n) is 24.9. The van der Waals surface area contributed by atoms with Crippen molar-refractivity contribution in [1.29, 1.82) is 0 Å². The lowest BCUT2D eigenvalue weighted by Crippen LogP contribution is -2.47. The number of aliphatic hydroxyl groups is 2. The maximum atomic E-state index is 12.4. The van der Waals surface area contributed by atoms with Gasteiger partial charge in [0.15, 0.2) is 0 Å². The lowest BCUT2D eigenvalue weighted by Gasteiger charge is -2.21. The molecule has 1 aliphatic carbocycles. The van der Waals surface area contributed by atoms with Gasteiger partial charge in [-0.25, -0.2) is 0 Å². The molecule has 0 spiro atoms. The van der Waals surface area contributed by atoms with Crippen LogP contribution in [0.4, 0.5) is 0 Å². The van der Waals surface area contributed by atoms with Crippen LogP contribution in [0, 0.1) is 0 Å². The standard InChI is InChI=1S/C33H60N2O4/c36-28-21-17-13-9-5-1-3-7-11-15-19-26-32(38)34-30-24-23-25-31(30)35-33(39)27-20-16-12-8-4-2-6-10-14-18-22-29-37/h19-20,26-27,30-31,36-37H,1-18,21-25,28-29H2,(H,34,38)(H,35,39)/b26-19+,27-20+/t30-,31+. The molecule has 0 aromatic carbocycles. The molecule has 0 radical (unpaired) electrons. The number of hydrogen-bond donors (Lipinski definition) is 4. The minimum atomic E-state index is -0.0512. The van der Waals surface area contributed by atoms with Crippen LogP contribution in [0.15, 0.2) is 24.3 Å². The van der Waals surface area contributed by atoms with E-state index in [0.29, 0.717) is 13.2 Å². The summed E-state index contributed by atoms with van der Waals surface area (Å²) in [5, 5.41) is 23.8. The highest BCUT2D eigenvalue weighted by Crippen LogP contribution is 2.19. The van der Waals surface area contributed by atoms with Crippen LogP contribution >= 0.6 is 0 Å². The summed E-state index contributed by atoms with van der Waals surface area (Å²) in [6.45, 7) is 0.632. The number of carbonyl (C=O) groups is 2. The van der Waals surface area contributed by atoms with E-state index < -0.39 is 0 Å². The Morgan fingerprint density at radius 1 is 0.513 bits per heavy atom. The first-order chi connectivity index (χ1) is 19.2. The SMILES string of the molecule is O=C(/C=C/CCCCCCCCCCCO)N[C@H]1CCC[C@H]1NC(=O)/C=C/CCCCCCCCCCCO. The predicted molar refractivity (Wildman–Crippen MR) is 163 cm³/mol. The number of hydrogen-bond acceptors (Lipinski definition) is 4. The lowest BCUT2D eigenvalue weighted by molar-refractivity contribution is -0.119. The van der Waals surface area contributed by atoms with Crippen molar-refractivity contribution in [3.05, 3.63) is 24.3 Å². The highest BCUT2D eigenvalue weighted by Gasteiger charge is 2.28. The largest absolute Gasteiger partial charge is 0.396 e. The van der Waals surface area contributed by atoms with Gasteiger partial charge in [-0.15, -0.1) is 0 Å². The molecule has 2 atom stereocenters. The summed E-state index contributed by atoms with van der Waals surface area (Å²) in [6, 6.07) is 0.0287. The fraction of sp³-hybridized carbons (Fsp3) is 0.818. The molecule has 226 valence electrons. The van der Waals surface area contributed by atoms with E-state index in [1.165, 1.54) is 77.0 Å². The van der Waals surface area contributed by atoms with Gasteiger partial charge < -0.3 is 20.8 Å². The highest BCUT2D eigenvalue weighted by atomic mass is 16.3. The molecule has 0 aromatic rings. The molecular weight excluding hydrogens is 488 g/mol. The van der Waals surface area contributed by atoms with E-state index in [9.17, 15) is 9.59 Å². The number of aliphatic hydroxyl groups excluding tert-OH is 2. The van der Waals surface area contributed by atoms with Crippen LogP contribution in [0.5, 0.6) is 0 Å². The van der Waals surface area contributed by atoms with E-state index in [-0.39, 0.29) is 23.9 Å². The zero-order chi connectivity index (χ0) is 28.2. The van der Waals surface area contributed by atoms with E-state index in [4.69, 9.17) is 10.2 Å². The van der Waals surface area contributed by atoms with Crippen molar-refractivity contribution in [3.8, 4) is 0 Å². The van der Waals surface area contributed by atoms with Crippen LogP contribution in [0.3, 0.4) is 0 Å². The minimum absolute atomic E-state index is 0.0144. The third kappa shape index (κ3) is 21.8. The second kappa shape index (κ2) is 26.6. The first-order valence-corrected chi connectivity index (χ1v) is 16.3. The molecule has 6 heteroatoms. The third-order valence-electron chi connectivity index (χ3n) is 7.77. The molecule has 4 N–H and O–H groups in total. The highest BCUT2D eigenvalue weighted by molar-refractivity contribution is 5.89. The van der Waals surface area contributed by atoms with E-state index in [2.05, 4.69) is 10.6 Å². The quantitative estimate of drug-likeness (QED) is 0.0688. The molecule has 0 unspecified atom stereocenters. The maximum Gasteiger partial charge on any atom is 0.243 e. The first-order valence-electron chi connectivity index (χ1n) is 16.3. The summed E-state index contributed by atoms with van der Waals surface area (Å²) in [4.78, 5) is 24.7. The Hall–Kier alpha value is -1.66. The van der Waals surface area contributed by atoms with Crippen molar-refractivity contribution >= 4 is 11.8 Å². The van der Waals surface area contributed by atoms with Crippen molar-refractivity contribution < 1.29 is 19.8 Å². The van der Waals surface area contributed by atoms with Gasteiger partial charge >= 0.3 is 0 Å². The lowest BCUT2D eigenvalue weighted by atomic mass is 10.1. The molecule has 1 fully saturated rings. The average molecular weight is 549 g/mol. The number of allylic oxidation sites excluding steroid dienone is 2. The number of unbranched alkanes of at least 4 members (excludes halogenated alkanes) is 18. The van der Waals surface area contributed by atoms with Gasteiger partial charge in [-0.2, -0.15) is 0 Å². The van der Waals surface area contributed by atoms with Crippen LogP contribution < -0.4 is 10.6 Å². The summed E-state index contributed by atoms with van der Waals surface area (Å²) in [5.74, 6) is -0.102. The van der Waals surface area contributed by atoms with Crippen LogP contribution in [-0.2, 0) is 9.59 Å². The normalized spacial score (nSPS) is 17.4. The van der Waals surface area contributed by atoms with Crippen molar-refractivity contribution in [1.82, 2.24) is 10.6 Å². The van der Waals surface area contributed by atoms with E-state index in [0.717, 1.165) is 70.6 Å². The molecule has 0 aliphatic heterocycles. The van der Waals surface area contributed by atoms with Crippen molar-refractivity contribution in [2.24, 2.45) is 0 Å². The molecule has 0 saturated heterocycles. The molecule has 1 aliphatic rings. The number of nitrogens with one attached hydrogen (secondary N) is 2. The Bertz CT molecular complexity index is 596. The summed E-state index contributed by atoms with van der Waals surface area (Å²) in [7, 11) is 0. The zero-order valence-corrected chi connectivity index (χ0v) is 24.9. The molecule has 1 rings (SSSR count). The Morgan fingerprint density at radius 3 is 1.15 bits per heavy atom.